The van der Waals surface area contributed by atoms with Crippen molar-refractivity contribution in [3.8, 4) is 0 Å². The zero-order valence-corrected chi connectivity index (χ0v) is 11.4. The molecule has 1 aliphatic rings. The molecule has 3 N–H and O–H groups in total. The van der Waals surface area contributed by atoms with Crippen LogP contribution in [0, 0.1) is 0 Å². The van der Waals surface area contributed by atoms with Crippen molar-refractivity contribution in [2.45, 2.75) is 31.6 Å². The van der Waals surface area contributed by atoms with Crippen molar-refractivity contribution < 1.29 is 9.53 Å². The first-order chi connectivity index (χ1) is 10.1. The second kappa shape index (κ2) is 5.22. The van der Waals surface area contributed by atoms with Gasteiger partial charge in [0.15, 0.2) is 5.65 Å². The fraction of sp³-hybridized carbons (Fsp3) is 0.545. The minimum atomic E-state index is -0.578. The first kappa shape index (κ1) is 13.6. The van der Waals surface area contributed by atoms with E-state index in [0.29, 0.717) is 23.9 Å². The third-order valence-corrected chi connectivity index (χ3v) is 3.54. The molecule has 3 rings (SSSR count). The predicted octanol–water partition coefficient (Wildman–Crippen LogP) is -1.94. The Morgan fingerprint density at radius 2 is 2.38 bits per heavy atom. The molecule has 0 radical (unpaired) electrons. The lowest BCUT2D eigenvalue weighted by molar-refractivity contribution is -0.132. The molecule has 0 bridgehead atoms. The Bertz CT molecular complexity index is 737. The van der Waals surface area contributed by atoms with Crippen molar-refractivity contribution >= 4 is 16.9 Å². The van der Waals surface area contributed by atoms with Crippen molar-refractivity contribution in [1.29, 1.82) is 0 Å². The molecule has 2 atom stereocenters. The lowest BCUT2D eigenvalue weighted by Gasteiger charge is -2.12. The van der Waals surface area contributed by atoms with Crippen LogP contribution in [0.5, 0.6) is 0 Å². The summed E-state index contributed by atoms with van der Waals surface area (Å²) < 4.78 is 8.27. The Kier molecular flexibility index (Phi) is 3.39. The van der Waals surface area contributed by atoms with Crippen LogP contribution in [0.15, 0.2) is 11.0 Å². The number of nitrogens with one attached hydrogen (secondary N) is 1. The van der Waals surface area contributed by atoms with Crippen LogP contribution in [-0.4, -0.2) is 42.9 Å². The molecule has 2 aromatic heterocycles. The topological polar surface area (TPSA) is 130 Å². The molecule has 0 saturated carbocycles. The minimum absolute atomic E-state index is 0.241. The molecule has 10 heteroatoms. The predicted molar refractivity (Wildman–Crippen MR) is 70.8 cm³/mol. The van der Waals surface area contributed by atoms with Crippen LogP contribution in [0.1, 0.15) is 12.8 Å². The number of nitrogens with two attached hydrogens (primary N) is 1. The summed E-state index contributed by atoms with van der Waals surface area (Å²) in [6.07, 6.45) is 1.82. The van der Waals surface area contributed by atoms with E-state index >= 15 is 0 Å². The number of carbonyl (C=O) groups is 1. The first-order valence-electron chi connectivity index (χ1n) is 6.51. The van der Waals surface area contributed by atoms with Crippen LogP contribution < -0.4 is 16.8 Å². The third kappa shape index (κ3) is 2.38. The number of hydrogen-bond acceptors (Lipinski definition) is 7. The molecule has 1 saturated heterocycles. The summed E-state index contributed by atoms with van der Waals surface area (Å²) in [6, 6.07) is 0. The molecule has 0 spiro atoms. The molecule has 1 amide bonds. The molecule has 112 valence electrons. The third-order valence-electron chi connectivity index (χ3n) is 3.54. The van der Waals surface area contributed by atoms with Crippen molar-refractivity contribution in [2.75, 3.05) is 0 Å². The SMILES string of the molecule is Cn1ncc2c(=O)n(CC3CCC(C(=O)NN)O3)nnc21. The zero-order valence-electron chi connectivity index (χ0n) is 11.4. The Morgan fingerprint density at radius 3 is 3.14 bits per heavy atom. The number of rotatable bonds is 3. The molecule has 3 heterocycles. The van der Waals surface area contributed by atoms with E-state index in [2.05, 4.69) is 20.8 Å². The Morgan fingerprint density at radius 1 is 1.57 bits per heavy atom. The average Bonchev–Trinajstić information content (AvgIpc) is 3.09. The highest BCUT2D eigenvalue weighted by atomic mass is 16.5. The largest absolute Gasteiger partial charge is 0.363 e. The maximum absolute atomic E-state index is 12.3. The van der Waals surface area contributed by atoms with Gasteiger partial charge < -0.3 is 4.74 Å². The number of aryl methyl sites for hydroxylation is 1. The molecular weight excluding hydrogens is 278 g/mol. The Balaban J connectivity index is 1.79. The van der Waals surface area contributed by atoms with Gasteiger partial charge in [-0.05, 0) is 12.8 Å². The summed E-state index contributed by atoms with van der Waals surface area (Å²) in [6.45, 7) is 0.241. The normalized spacial score (nSPS) is 21.8. The molecular formula is C11H15N7O3. The number of ether oxygens (including phenoxy) is 1. The zero-order chi connectivity index (χ0) is 15.0. The summed E-state index contributed by atoms with van der Waals surface area (Å²) in [5.41, 5.74) is 2.22. The number of carbonyl (C=O) groups excluding carboxylic acids is 1. The van der Waals surface area contributed by atoms with Crippen LogP contribution in [0.25, 0.3) is 11.0 Å². The summed E-state index contributed by atoms with van der Waals surface area (Å²) in [5.74, 6) is 4.71. The maximum Gasteiger partial charge on any atom is 0.280 e. The van der Waals surface area contributed by atoms with Gasteiger partial charge in [0.2, 0.25) is 0 Å². The lowest BCUT2D eigenvalue weighted by Crippen LogP contribution is -2.39. The van der Waals surface area contributed by atoms with Crippen LogP contribution >= 0.6 is 0 Å². The van der Waals surface area contributed by atoms with Crippen LogP contribution in [0.4, 0.5) is 0 Å². The van der Waals surface area contributed by atoms with Gasteiger partial charge in [0.25, 0.3) is 11.5 Å². The Labute approximate surface area is 118 Å². The van der Waals surface area contributed by atoms with E-state index in [1.807, 2.05) is 0 Å². The number of amides is 1. The summed E-state index contributed by atoms with van der Waals surface area (Å²) in [7, 11) is 1.69. The summed E-state index contributed by atoms with van der Waals surface area (Å²) in [5, 5.41) is 12.2. The molecule has 0 aliphatic carbocycles. The van der Waals surface area contributed by atoms with Gasteiger partial charge in [0, 0.05) is 7.05 Å². The molecule has 10 nitrogen and oxygen atoms in total. The second-order valence-electron chi connectivity index (χ2n) is 4.91. The van der Waals surface area contributed by atoms with Gasteiger partial charge in [0.05, 0.1) is 18.8 Å². The maximum atomic E-state index is 12.3. The van der Waals surface area contributed by atoms with Crippen molar-refractivity contribution in [2.24, 2.45) is 12.9 Å². The summed E-state index contributed by atoms with van der Waals surface area (Å²) >= 11 is 0. The first-order valence-corrected chi connectivity index (χ1v) is 6.51. The quantitative estimate of drug-likeness (QED) is 0.382. The van der Waals surface area contributed by atoms with E-state index in [0.717, 1.165) is 0 Å². The number of nitrogens with zero attached hydrogens (tertiary/aromatic N) is 5. The monoisotopic (exact) mass is 293 g/mol. The van der Waals surface area contributed by atoms with Crippen molar-refractivity contribution in [3.05, 3.63) is 16.6 Å². The van der Waals surface area contributed by atoms with Gasteiger partial charge in [-0.15, -0.1) is 5.10 Å². The van der Waals surface area contributed by atoms with Gasteiger partial charge in [-0.2, -0.15) is 5.10 Å². The second-order valence-corrected chi connectivity index (χ2v) is 4.91. The van der Waals surface area contributed by atoms with Gasteiger partial charge in [-0.25, -0.2) is 15.2 Å². The van der Waals surface area contributed by atoms with Crippen LogP contribution in [0.3, 0.4) is 0 Å². The number of hydrogen-bond donors (Lipinski definition) is 2. The van der Waals surface area contributed by atoms with Gasteiger partial charge >= 0.3 is 0 Å². The highest BCUT2D eigenvalue weighted by molar-refractivity contribution is 5.80. The van der Waals surface area contributed by atoms with Gasteiger partial charge in [-0.3, -0.25) is 15.0 Å². The highest BCUT2D eigenvalue weighted by Crippen LogP contribution is 2.20. The fourth-order valence-electron chi connectivity index (χ4n) is 2.41. The minimum Gasteiger partial charge on any atom is -0.363 e. The van der Waals surface area contributed by atoms with Gasteiger partial charge in [-0.1, -0.05) is 5.21 Å². The number of aromatic nitrogens is 5. The smallest absolute Gasteiger partial charge is 0.280 e. The highest BCUT2D eigenvalue weighted by Gasteiger charge is 2.31. The van der Waals surface area contributed by atoms with E-state index in [-0.39, 0.29) is 24.1 Å². The van der Waals surface area contributed by atoms with Crippen molar-refractivity contribution in [1.82, 2.24) is 30.2 Å². The van der Waals surface area contributed by atoms with E-state index in [4.69, 9.17) is 10.6 Å². The van der Waals surface area contributed by atoms with E-state index in [1.165, 1.54) is 15.6 Å². The number of fused-ring (bicyclic) bond motifs is 1. The fourth-order valence-corrected chi connectivity index (χ4v) is 2.41. The van der Waals surface area contributed by atoms with Gasteiger partial charge in [0.1, 0.15) is 11.5 Å². The van der Waals surface area contributed by atoms with Crippen LogP contribution in [-0.2, 0) is 23.1 Å². The average molecular weight is 293 g/mol. The van der Waals surface area contributed by atoms with E-state index in [1.54, 1.807) is 7.05 Å². The molecule has 21 heavy (non-hydrogen) atoms. The standard InChI is InChI=1S/C11H15N7O3/c1-17-9-7(4-13-17)11(20)18(16-15-9)5-6-2-3-8(21-6)10(19)14-12/h4,6,8H,2-3,5,12H2,1H3,(H,14,19). The van der Waals surface area contributed by atoms with Crippen LogP contribution in [0.2, 0.25) is 0 Å². The van der Waals surface area contributed by atoms with E-state index in [9.17, 15) is 9.59 Å². The molecule has 1 fully saturated rings. The van der Waals surface area contributed by atoms with E-state index < -0.39 is 6.10 Å². The lowest BCUT2D eigenvalue weighted by atomic mass is 10.2. The Hall–Kier alpha value is -2.33. The molecule has 0 aromatic carbocycles. The summed E-state index contributed by atoms with van der Waals surface area (Å²) in [4.78, 5) is 23.6. The molecule has 1 aliphatic heterocycles. The van der Waals surface area contributed by atoms with Crippen molar-refractivity contribution in [3.63, 3.8) is 0 Å². The molecule has 2 unspecified atom stereocenters. The molecule has 2 aromatic rings. The number of hydrazine groups is 1.